The molecule has 1 fully saturated rings. The van der Waals surface area contributed by atoms with E-state index in [2.05, 4.69) is 15.9 Å². The Kier molecular flexibility index (Phi) is 5.69. The van der Waals surface area contributed by atoms with E-state index in [4.69, 9.17) is 9.15 Å². The first-order chi connectivity index (χ1) is 12.0. The van der Waals surface area contributed by atoms with Crippen LogP contribution in [0.15, 0.2) is 27.3 Å². The van der Waals surface area contributed by atoms with Crippen LogP contribution >= 0.6 is 15.9 Å². The van der Waals surface area contributed by atoms with Gasteiger partial charge in [0, 0.05) is 30.8 Å². The molecular weight excluding hydrogens is 386 g/mol. The Labute approximate surface area is 156 Å². The fraction of sp³-hybridized carbons (Fsp3) is 0.526. The molecule has 0 aliphatic carbocycles. The molecule has 1 aliphatic heterocycles. The van der Waals surface area contributed by atoms with Gasteiger partial charge in [0.25, 0.3) is 5.91 Å². The van der Waals surface area contributed by atoms with Gasteiger partial charge in [-0.3, -0.25) is 4.79 Å². The van der Waals surface area contributed by atoms with Gasteiger partial charge in [-0.1, -0.05) is 0 Å². The number of halogens is 1. The van der Waals surface area contributed by atoms with E-state index in [1.165, 1.54) is 0 Å². The summed E-state index contributed by atoms with van der Waals surface area (Å²) in [5.41, 5.74) is 1.19. The number of fused-ring (bicyclic) bond motifs is 1. The molecule has 1 saturated heterocycles. The van der Waals surface area contributed by atoms with Gasteiger partial charge >= 0.3 is 0 Å². The van der Waals surface area contributed by atoms with Crippen molar-refractivity contribution in [2.24, 2.45) is 0 Å². The van der Waals surface area contributed by atoms with E-state index in [-0.39, 0.29) is 24.7 Å². The number of piperidine rings is 1. The molecule has 1 aliphatic rings. The Hall–Kier alpha value is -1.53. The van der Waals surface area contributed by atoms with E-state index in [0.29, 0.717) is 28.0 Å². The topological polar surface area (TPSA) is 62.9 Å². The van der Waals surface area contributed by atoms with Gasteiger partial charge in [0.05, 0.1) is 11.5 Å². The summed E-state index contributed by atoms with van der Waals surface area (Å²) in [7, 11) is 0. The second kappa shape index (κ2) is 7.79. The van der Waals surface area contributed by atoms with E-state index in [0.717, 1.165) is 31.2 Å². The van der Waals surface area contributed by atoms with Crippen LogP contribution in [-0.4, -0.2) is 41.2 Å². The molecule has 2 aromatic rings. The van der Waals surface area contributed by atoms with Crippen molar-refractivity contribution in [3.63, 3.8) is 0 Å². The number of hydrogen-bond acceptors (Lipinski definition) is 4. The first kappa shape index (κ1) is 18.3. The predicted octanol–water partition coefficient (Wildman–Crippen LogP) is 4.36. The lowest BCUT2D eigenvalue weighted by atomic mass is 9.98. The fourth-order valence-corrected chi connectivity index (χ4v) is 3.84. The van der Waals surface area contributed by atoms with Crippen LogP contribution in [0.3, 0.4) is 0 Å². The number of furan rings is 1. The molecule has 1 atom stereocenters. The molecule has 0 saturated carbocycles. The molecule has 0 bridgehead atoms. The van der Waals surface area contributed by atoms with E-state index >= 15 is 0 Å². The summed E-state index contributed by atoms with van der Waals surface area (Å²) >= 11 is 3.35. The number of carbonyl (C=O) groups excluding carboxylic acids is 1. The summed E-state index contributed by atoms with van der Waals surface area (Å²) in [6.07, 6.45) is 3.66. The molecule has 0 spiro atoms. The highest BCUT2D eigenvalue weighted by molar-refractivity contribution is 9.10. The molecule has 2 heterocycles. The van der Waals surface area contributed by atoms with Crippen LogP contribution in [0.1, 0.15) is 49.9 Å². The van der Waals surface area contributed by atoms with E-state index in [1.54, 1.807) is 12.1 Å². The number of rotatable bonds is 5. The number of carbonyl (C=O) groups is 1. The molecule has 1 unspecified atom stereocenters. The van der Waals surface area contributed by atoms with Crippen molar-refractivity contribution < 1.29 is 19.1 Å². The van der Waals surface area contributed by atoms with Crippen LogP contribution in [0, 0.1) is 0 Å². The molecule has 3 rings (SSSR count). The lowest BCUT2D eigenvalue weighted by molar-refractivity contribution is 0.0574. The smallest absolute Gasteiger partial charge is 0.254 e. The third-order valence-electron chi connectivity index (χ3n) is 4.53. The predicted molar refractivity (Wildman–Crippen MR) is 100 cm³/mol. The van der Waals surface area contributed by atoms with Crippen molar-refractivity contribution in [3.8, 4) is 5.75 Å². The molecule has 25 heavy (non-hydrogen) atoms. The highest BCUT2D eigenvalue weighted by Gasteiger charge is 2.28. The van der Waals surface area contributed by atoms with E-state index in [9.17, 15) is 9.90 Å². The second-order valence-corrected chi connectivity index (χ2v) is 7.55. The van der Waals surface area contributed by atoms with Crippen LogP contribution in [0.4, 0.5) is 0 Å². The van der Waals surface area contributed by atoms with Crippen molar-refractivity contribution >= 4 is 32.8 Å². The van der Waals surface area contributed by atoms with Gasteiger partial charge in [-0.15, -0.1) is 0 Å². The molecule has 1 amide bonds. The van der Waals surface area contributed by atoms with Gasteiger partial charge in [0.2, 0.25) is 0 Å². The average Bonchev–Trinajstić information content (AvgIpc) is 2.95. The summed E-state index contributed by atoms with van der Waals surface area (Å²) in [4.78, 5) is 15.0. The first-order valence-electron chi connectivity index (χ1n) is 8.81. The fourth-order valence-electron chi connectivity index (χ4n) is 3.43. The van der Waals surface area contributed by atoms with Crippen LogP contribution in [0.5, 0.6) is 5.75 Å². The Bertz CT molecular complexity index is 753. The summed E-state index contributed by atoms with van der Waals surface area (Å²) < 4.78 is 12.2. The van der Waals surface area contributed by atoms with Crippen molar-refractivity contribution in [1.29, 1.82) is 0 Å². The maximum atomic E-state index is 13.1. The third-order valence-corrected chi connectivity index (χ3v) is 4.92. The van der Waals surface area contributed by atoms with Crippen molar-refractivity contribution in [2.75, 3.05) is 13.2 Å². The largest absolute Gasteiger partial charge is 0.490 e. The van der Waals surface area contributed by atoms with E-state index in [1.807, 2.05) is 24.8 Å². The monoisotopic (exact) mass is 409 g/mol. The number of benzene rings is 1. The normalized spacial score (nSPS) is 18.1. The van der Waals surface area contributed by atoms with Gasteiger partial charge in [-0.25, -0.2) is 0 Å². The van der Waals surface area contributed by atoms with Crippen LogP contribution < -0.4 is 4.74 Å². The Morgan fingerprint density at radius 2 is 2.20 bits per heavy atom. The average molecular weight is 410 g/mol. The molecule has 1 aromatic carbocycles. The molecule has 6 heteroatoms. The molecular formula is C19H24BrNO4. The summed E-state index contributed by atoms with van der Waals surface area (Å²) in [6, 6.07) is 5.54. The number of likely N-dealkylation sites (tertiary alicyclic amines) is 1. The Morgan fingerprint density at radius 3 is 2.92 bits per heavy atom. The van der Waals surface area contributed by atoms with Crippen LogP contribution in [0.2, 0.25) is 0 Å². The lowest BCUT2D eigenvalue weighted by Gasteiger charge is -2.35. The maximum absolute atomic E-state index is 13.1. The number of aliphatic hydroxyl groups is 1. The molecule has 136 valence electrons. The first-order valence-corrected chi connectivity index (χ1v) is 9.60. The highest BCUT2D eigenvalue weighted by Crippen LogP contribution is 2.34. The third kappa shape index (κ3) is 4.01. The summed E-state index contributed by atoms with van der Waals surface area (Å²) in [5, 5.41) is 10.1. The number of hydrogen-bond donors (Lipinski definition) is 1. The number of amides is 1. The van der Waals surface area contributed by atoms with Crippen molar-refractivity contribution in [1.82, 2.24) is 4.90 Å². The van der Waals surface area contributed by atoms with Crippen molar-refractivity contribution in [3.05, 3.63) is 28.4 Å². The number of aliphatic hydroxyl groups excluding tert-OH is 1. The molecule has 1 N–H and O–H groups in total. The quantitative estimate of drug-likeness (QED) is 0.796. The van der Waals surface area contributed by atoms with E-state index < -0.39 is 0 Å². The maximum Gasteiger partial charge on any atom is 0.254 e. The summed E-state index contributed by atoms with van der Waals surface area (Å²) in [5.74, 6) is 0.627. The molecule has 5 nitrogen and oxygen atoms in total. The minimum absolute atomic E-state index is 0.000600. The van der Waals surface area contributed by atoms with Gasteiger partial charge < -0.3 is 19.2 Å². The standard InChI is InChI=1S/C19H24BrNO4/c1-12(2)24-16-9-13(10-17-15(16)11-18(20)25-17)19(23)21-7-4-3-5-14(21)6-8-22/h9-12,14,22H,3-8H2,1-2H3. The minimum atomic E-state index is -0.0267. The summed E-state index contributed by atoms with van der Waals surface area (Å²) in [6.45, 7) is 4.73. The number of nitrogens with zero attached hydrogens (tertiary/aromatic N) is 1. The lowest BCUT2D eigenvalue weighted by Crippen LogP contribution is -2.44. The zero-order valence-electron chi connectivity index (χ0n) is 14.6. The number of ether oxygens (including phenoxy) is 1. The zero-order chi connectivity index (χ0) is 18.0. The van der Waals surface area contributed by atoms with Gasteiger partial charge in [0.1, 0.15) is 11.3 Å². The molecule has 0 radical (unpaired) electrons. The van der Waals surface area contributed by atoms with Gasteiger partial charge in [0.15, 0.2) is 4.67 Å². The molecule has 1 aromatic heterocycles. The van der Waals surface area contributed by atoms with Crippen molar-refractivity contribution in [2.45, 2.75) is 51.7 Å². The minimum Gasteiger partial charge on any atom is -0.490 e. The zero-order valence-corrected chi connectivity index (χ0v) is 16.2. The van der Waals surface area contributed by atoms with Gasteiger partial charge in [-0.05, 0) is 67.6 Å². The van der Waals surface area contributed by atoms with Crippen LogP contribution in [-0.2, 0) is 0 Å². The Morgan fingerprint density at radius 1 is 1.40 bits per heavy atom. The second-order valence-electron chi connectivity index (χ2n) is 6.76. The Balaban J connectivity index is 1.97. The SMILES string of the molecule is CC(C)Oc1cc(C(=O)N2CCCCC2CCO)cc2oc(Br)cc12. The van der Waals surface area contributed by atoms with Gasteiger partial charge in [-0.2, -0.15) is 0 Å². The van der Waals surface area contributed by atoms with Crippen LogP contribution in [0.25, 0.3) is 11.0 Å². The highest BCUT2D eigenvalue weighted by atomic mass is 79.9.